The van der Waals surface area contributed by atoms with Crippen LogP contribution in [-0.4, -0.2) is 19.1 Å². The normalized spacial score (nSPS) is 15.0. The third-order valence-corrected chi connectivity index (χ3v) is 3.94. The minimum Gasteiger partial charge on any atom is -0.462 e. The minimum atomic E-state index is -0.274. The van der Waals surface area contributed by atoms with E-state index in [1.807, 2.05) is 13.0 Å². The lowest BCUT2D eigenvalue weighted by molar-refractivity contribution is 0.0526. The Morgan fingerprint density at radius 1 is 1.50 bits per heavy atom. The molecule has 3 nitrogen and oxygen atoms in total. The highest BCUT2D eigenvalue weighted by atomic mass is 79.9. The lowest BCUT2D eigenvalue weighted by Gasteiger charge is -2.26. The molecule has 0 aromatic heterocycles. The Morgan fingerprint density at radius 3 is 2.83 bits per heavy atom. The fourth-order valence-electron chi connectivity index (χ4n) is 1.95. The molecule has 0 heterocycles. The molecule has 1 saturated carbocycles. The van der Waals surface area contributed by atoms with Crippen molar-refractivity contribution < 1.29 is 9.53 Å². The molecule has 1 aliphatic carbocycles. The van der Waals surface area contributed by atoms with Gasteiger partial charge in [0.05, 0.1) is 12.2 Å². The zero-order valence-electron chi connectivity index (χ0n) is 10.5. The summed E-state index contributed by atoms with van der Waals surface area (Å²) in [6, 6.07) is 5.53. The minimum absolute atomic E-state index is 0.274. The molecule has 1 fully saturated rings. The number of hydrogen-bond donors (Lipinski definition) is 1. The van der Waals surface area contributed by atoms with E-state index in [9.17, 15) is 4.79 Å². The summed E-state index contributed by atoms with van der Waals surface area (Å²) >= 11 is 3.49. The van der Waals surface area contributed by atoms with Crippen LogP contribution in [0, 0.1) is 5.92 Å². The van der Waals surface area contributed by atoms with Gasteiger partial charge < -0.3 is 10.1 Å². The molecule has 0 amide bonds. The maximum absolute atomic E-state index is 11.6. The van der Waals surface area contributed by atoms with Crippen molar-refractivity contribution in [3.63, 3.8) is 0 Å². The van der Waals surface area contributed by atoms with Gasteiger partial charge in [0.2, 0.25) is 0 Å². The number of anilines is 1. The SMILES string of the molecule is CCOC(=O)c1ccc(NCC2CCC2)c(Br)c1. The predicted octanol–water partition coefficient (Wildman–Crippen LogP) is 3.84. The summed E-state index contributed by atoms with van der Waals surface area (Å²) in [7, 11) is 0. The van der Waals surface area contributed by atoms with Gasteiger partial charge in [0.1, 0.15) is 0 Å². The van der Waals surface area contributed by atoms with Gasteiger partial charge in [0.15, 0.2) is 0 Å². The summed E-state index contributed by atoms with van der Waals surface area (Å²) < 4.78 is 5.88. The third-order valence-electron chi connectivity index (χ3n) is 3.29. The monoisotopic (exact) mass is 311 g/mol. The Bertz CT molecular complexity index is 430. The third kappa shape index (κ3) is 3.25. The number of rotatable bonds is 5. The van der Waals surface area contributed by atoms with E-state index in [1.165, 1.54) is 19.3 Å². The van der Waals surface area contributed by atoms with Gasteiger partial charge in [0, 0.05) is 16.7 Å². The first-order valence-electron chi connectivity index (χ1n) is 6.41. The second-order valence-corrected chi connectivity index (χ2v) is 5.45. The second kappa shape index (κ2) is 6.23. The van der Waals surface area contributed by atoms with Gasteiger partial charge >= 0.3 is 5.97 Å². The standard InChI is InChI=1S/C14H18BrNO2/c1-2-18-14(17)11-6-7-13(12(15)8-11)16-9-10-4-3-5-10/h6-8,10,16H,2-5,9H2,1H3. The summed E-state index contributed by atoms with van der Waals surface area (Å²) in [6.07, 6.45) is 4.01. The summed E-state index contributed by atoms with van der Waals surface area (Å²) in [5.41, 5.74) is 1.62. The number of carbonyl (C=O) groups is 1. The van der Waals surface area contributed by atoms with E-state index < -0.39 is 0 Å². The van der Waals surface area contributed by atoms with Crippen LogP contribution in [-0.2, 0) is 4.74 Å². The first-order valence-corrected chi connectivity index (χ1v) is 7.20. The van der Waals surface area contributed by atoms with Crippen LogP contribution in [0.3, 0.4) is 0 Å². The van der Waals surface area contributed by atoms with E-state index in [0.29, 0.717) is 12.2 Å². The molecule has 18 heavy (non-hydrogen) atoms. The first kappa shape index (κ1) is 13.4. The molecule has 0 unspecified atom stereocenters. The van der Waals surface area contributed by atoms with Gasteiger partial charge in [0.25, 0.3) is 0 Å². The molecular weight excluding hydrogens is 294 g/mol. The van der Waals surface area contributed by atoms with Crippen LogP contribution in [0.2, 0.25) is 0 Å². The average Bonchev–Trinajstić information content (AvgIpc) is 2.29. The summed E-state index contributed by atoms with van der Waals surface area (Å²) in [5.74, 6) is 0.533. The van der Waals surface area contributed by atoms with Gasteiger partial charge in [-0.15, -0.1) is 0 Å². The molecule has 1 aromatic carbocycles. The lowest BCUT2D eigenvalue weighted by atomic mass is 9.85. The molecule has 0 radical (unpaired) electrons. The highest BCUT2D eigenvalue weighted by molar-refractivity contribution is 9.10. The van der Waals surface area contributed by atoms with Gasteiger partial charge in [-0.2, -0.15) is 0 Å². The van der Waals surface area contributed by atoms with Crippen molar-refractivity contribution in [3.05, 3.63) is 28.2 Å². The maximum Gasteiger partial charge on any atom is 0.338 e. The van der Waals surface area contributed by atoms with Crippen molar-refractivity contribution in [1.82, 2.24) is 0 Å². The number of halogens is 1. The Labute approximate surface area is 116 Å². The van der Waals surface area contributed by atoms with Crippen molar-refractivity contribution in [2.75, 3.05) is 18.5 Å². The summed E-state index contributed by atoms with van der Waals surface area (Å²) in [5, 5.41) is 3.41. The van der Waals surface area contributed by atoms with Gasteiger partial charge in [-0.25, -0.2) is 4.79 Å². The fraction of sp³-hybridized carbons (Fsp3) is 0.500. The van der Waals surface area contributed by atoms with Crippen molar-refractivity contribution in [2.24, 2.45) is 5.92 Å². The summed E-state index contributed by atoms with van der Waals surface area (Å²) in [6.45, 7) is 3.22. The molecule has 0 atom stereocenters. The predicted molar refractivity (Wildman–Crippen MR) is 75.9 cm³/mol. The Morgan fingerprint density at radius 2 is 2.28 bits per heavy atom. The van der Waals surface area contributed by atoms with E-state index in [0.717, 1.165) is 22.6 Å². The summed E-state index contributed by atoms with van der Waals surface area (Å²) in [4.78, 5) is 11.6. The number of hydrogen-bond acceptors (Lipinski definition) is 3. The average molecular weight is 312 g/mol. The molecule has 4 heteroatoms. The molecule has 0 spiro atoms. The molecule has 2 rings (SSSR count). The largest absolute Gasteiger partial charge is 0.462 e. The molecule has 0 saturated heterocycles. The highest BCUT2D eigenvalue weighted by Gasteiger charge is 2.17. The van der Waals surface area contributed by atoms with Crippen molar-refractivity contribution >= 4 is 27.6 Å². The van der Waals surface area contributed by atoms with Crippen molar-refractivity contribution in [3.8, 4) is 0 Å². The smallest absolute Gasteiger partial charge is 0.338 e. The Kier molecular flexibility index (Phi) is 4.64. The first-order chi connectivity index (χ1) is 8.70. The molecule has 0 aliphatic heterocycles. The van der Waals surface area contributed by atoms with Gasteiger partial charge in [-0.05, 0) is 59.8 Å². The van der Waals surface area contributed by atoms with Crippen LogP contribution in [0.4, 0.5) is 5.69 Å². The topological polar surface area (TPSA) is 38.3 Å². The quantitative estimate of drug-likeness (QED) is 0.840. The van der Waals surface area contributed by atoms with E-state index >= 15 is 0 Å². The molecule has 1 aliphatic rings. The second-order valence-electron chi connectivity index (χ2n) is 4.59. The van der Waals surface area contributed by atoms with Crippen LogP contribution in [0.15, 0.2) is 22.7 Å². The molecule has 0 bridgehead atoms. The number of carbonyl (C=O) groups excluding carboxylic acids is 1. The van der Waals surface area contributed by atoms with E-state index in [4.69, 9.17) is 4.74 Å². The van der Waals surface area contributed by atoms with E-state index in [2.05, 4.69) is 21.2 Å². The molecule has 98 valence electrons. The van der Waals surface area contributed by atoms with E-state index in [1.54, 1.807) is 12.1 Å². The van der Waals surface area contributed by atoms with Crippen LogP contribution < -0.4 is 5.32 Å². The lowest BCUT2D eigenvalue weighted by Crippen LogP contribution is -2.21. The van der Waals surface area contributed by atoms with Crippen LogP contribution in [0.1, 0.15) is 36.5 Å². The zero-order chi connectivity index (χ0) is 13.0. The van der Waals surface area contributed by atoms with Crippen molar-refractivity contribution in [2.45, 2.75) is 26.2 Å². The van der Waals surface area contributed by atoms with Crippen LogP contribution in [0.25, 0.3) is 0 Å². The number of esters is 1. The Hall–Kier alpha value is -1.03. The Balaban J connectivity index is 1.97. The fourth-order valence-corrected chi connectivity index (χ4v) is 2.47. The van der Waals surface area contributed by atoms with Gasteiger partial charge in [-0.3, -0.25) is 0 Å². The highest BCUT2D eigenvalue weighted by Crippen LogP contribution is 2.29. The van der Waals surface area contributed by atoms with Crippen molar-refractivity contribution in [1.29, 1.82) is 0 Å². The molecular formula is C14H18BrNO2. The maximum atomic E-state index is 11.6. The number of benzene rings is 1. The zero-order valence-corrected chi connectivity index (χ0v) is 12.1. The van der Waals surface area contributed by atoms with E-state index in [-0.39, 0.29) is 5.97 Å². The molecule has 1 aromatic rings. The van der Waals surface area contributed by atoms with Crippen LogP contribution >= 0.6 is 15.9 Å². The number of ether oxygens (including phenoxy) is 1. The van der Waals surface area contributed by atoms with Gasteiger partial charge in [-0.1, -0.05) is 6.42 Å². The van der Waals surface area contributed by atoms with Crippen LogP contribution in [0.5, 0.6) is 0 Å². The molecule has 1 N–H and O–H groups in total. The number of nitrogens with one attached hydrogen (secondary N) is 1.